The molecule has 122 valence electrons. The number of hydrogen-bond donors (Lipinski definition) is 0. The Morgan fingerprint density at radius 3 is 2.10 bits per heavy atom. The monoisotopic (exact) mass is 297 g/mol. The van der Waals surface area contributed by atoms with Crippen LogP contribution in [0.25, 0.3) is 0 Å². The number of nitrogens with zero attached hydrogens (tertiary/aromatic N) is 3. The van der Waals surface area contributed by atoms with Crippen molar-refractivity contribution in [1.29, 1.82) is 0 Å². The van der Waals surface area contributed by atoms with Gasteiger partial charge in [0.15, 0.2) is 0 Å². The molecule has 0 unspecified atom stereocenters. The highest BCUT2D eigenvalue weighted by Gasteiger charge is 2.30. The number of rotatable bonds is 2. The Kier molecular flexibility index (Phi) is 5.49. The van der Waals surface area contributed by atoms with Crippen LogP contribution >= 0.6 is 0 Å². The van der Waals surface area contributed by atoms with Gasteiger partial charge >= 0.3 is 6.09 Å². The summed E-state index contributed by atoms with van der Waals surface area (Å²) in [5.41, 5.74) is -0.402. The molecular weight excluding hydrogens is 266 g/mol. The van der Waals surface area contributed by atoms with Crippen LogP contribution in [-0.2, 0) is 4.74 Å². The third-order valence-corrected chi connectivity index (χ3v) is 4.49. The molecule has 0 aromatic carbocycles. The first-order chi connectivity index (χ1) is 9.89. The van der Waals surface area contributed by atoms with Gasteiger partial charge in [0.05, 0.1) is 0 Å². The number of carbonyl (C=O) groups is 1. The highest BCUT2D eigenvalue weighted by Crippen LogP contribution is 2.19. The average Bonchev–Trinajstić information content (AvgIpc) is 2.46. The van der Waals surface area contributed by atoms with Crippen molar-refractivity contribution in [3.8, 4) is 0 Å². The lowest BCUT2D eigenvalue weighted by Crippen LogP contribution is -2.54. The largest absolute Gasteiger partial charge is 0.444 e. The summed E-state index contributed by atoms with van der Waals surface area (Å²) in [5.74, 6) is 0. The van der Waals surface area contributed by atoms with Gasteiger partial charge in [-0.2, -0.15) is 0 Å². The minimum atomic E-state index is -0.402. The zero-order chi connectivity index (χ0) is 15.5. The highest BCUT2D eigenvalue weighted by molar-refractivity contribution is 5.68. The Balaban J connectivity index is 1.75. The van der Waals surface area contributed by atoms with Crippen LogP contribution in [0.15, 0.2) is 0 Å². The summed E-state index contributed by atoms with van der Waals surface area (Å²) in [7, 11) is 0. The van der Waals surface area contributed by atoms with E-state index < -0.39 is 5.60 Å². The van der Waals surface area contributed by atoms with E-state index in [0.717, 1.165) is 26.2 Å². The van der Waals surface area contributed by atoms with Crippen LogP contribution in [0.2, 0.25) is 0 Å². The van der Waals surface area contributed by atoms with E-state index in [0.29, 0.717) is 6.04 Å². The molecule has 0 aromatic heterocycles. The van der Waals surface area contributed by atoms with Crippen LogP contribution in [0.4, 0.5) is 4.79 Å². The van der Waals surface area contributed by atoms with Crippen LogP contribution in [0.3, 0.4) is 0 Å². The summed E-state index contributed by atoms with van der Waals surface area (Å²) >= 11 is 0. The Morgan fingerprint density at radius 1 is 1.05 bits per heavy atom. The van der Waals surface area contributed by atoms with Crippen molar-refractivity contribution in [2.75, 3.05) is 45.8 Å². The molecule has 0 aliphatic carbocycles. The topological polar surface area (TPSA) is 36.0 Å². The second-order valence-corrected chi connectivity index (χ2v) is 7.17. The van der Waals surface area contributed by atoms with Gasteiger partial charge in [-0.15, -0.1) is 0 Å². The van der Waals surface area contributed by atoms with E-state index in [4.69, 9.17) is 4.74 Å². The van der Waals surface area contributed by atoms with E-state index in [2.05, 4.69) is 16.7 Å². The van der Waals surface area contributed by atoms with Crippen molar-refractivity contribution >= 4 is 6.09 Å². The first-order valence-electron chi connectivity index (χ1n) is 8.33. The van der Waals surface area contributed by atoms with E-state index in [9.17, 15) is 4.79 Å². The fraction of sp³-hybridized carbons (Fsp3) is 0.938. The maximum atomic E-state index is 12.1. The van der Waals surface area contributed by atoms with E-state index in [1.165, 1.54) is 32.5 Å². The van der Waals surface area contributed by atoms with Gasteiger partial charge in [0.2, 0.25) is 0 Å². The average molecular weight is 297 g/mol. The molecule has 0 aromatic rings. The minimum Gasteiger partial charge on any atom is -0.444 e. The molecule has 2 saturated heterocycles. The normalized spacial score (nSPS) is 23.3. The molecule has 5 heteroatoms. The molecule has 2 aliphatic heterocycles. The molecule has 0 saturated carbocycles. The molecule has 0 spiro atoms. The maximum Gasteiger partial charge on any atom is 0.410 e. The first kappa shape index (κ1) is 16.6. The van der Waals surface area contributed by atoms with Crippen molar-refractivity contribution in [2.45, 2.75) is 52.2 Å². The number of piperazine rings is 1. The smallest absolute Gasteiger partial charge is 0.410 e. The molecule has 2 rings (SSSR count). The number of carbonyl (C=O) groups excluding carboxylic acids is 1. The van der Waals surface area contributed by atoms with Crippen LogP contribution in [0, 0.1) is 0 Å². The molecule has 5 nitrogen and oxygen atoms in total. The lowest BCUT2D eigenvalue weighted by atomic mass is 10.0. The number of amides is 1. The molecule has 21 heavy (non-hydrogen) atoms. The standard InChI is InChI=1S/C16H31N3O2/c1-5-17-8-6-14(7-9-17)18-10-12-19(13-11-18)15(20)21-16(2,3)4/h14H,5-13H2,1-4H3. The van der Waals surface area contributed by atoms with E-state index in [1.54, 1.807) is 0 Å². The number of piperidine rings is 1. The second-order valence-electron chi connectivity index (χ2n) is 7.17. The summed E-state index contributed by atoms with van der Waals surface area (Å²) in [6.07, 6.45) is 2.36. The van der Waals surface area contributed by atoms with Crippen LogP contribution in [0.5, 0.6) is 0 Å². The Labute approximate surface area is 129 Å². The lowest BCUT2D eigenvalue weighted by Gasteiger charge is -2.42. The summed E-state index contributed by atoms with van der Waals surface area (Å²) in [4.78, 5) is 19.0. The molecule has 0 radical (unpaired) electrons. The summed E-state index contributed by atoms with van der Waals surface area (Å²) in [6, 6.07) is 0.702. The fourth-order valence-electron chi connectivity index (χ4n) is 3.20. The molecular formula is C16H31N3O2. The Hall–Kier alpha value is -0.810. The summed E-state index contributed by atoms with van der Waals surface area (Å²) in [6.45, 7) is 15.1. The number of ether oxygens (including phenoxy) is 1. The van der Waals surface area contributed by atoms with Gasteiger partial charge < -0.3 is 14.5 Å². The van der Waals surface area contributed by atoms with Gasteiger partial charge in [0.1, 0.15) is 5.60 Å². The van der Waals surface area contributed by atoms with Crippen molar-refractivity contribution in [2.24, 2.45) is 0 Å². The van der Waals surface area contributed by atoms with Crippen LogP contribution < -0.4 is 0 Å². The Bertz CT molecular complexity index is 338. The maximum absolute atomic E-state index is 12.1. The quantitative estimate of drug-likeness (QED) is 0.781. The van der Waals surface area contributed by atoms with E-state index >= 15 is 0 Å². The van der Waals surface area contributed by atoms with E-state index in [-0.39, 0.29) is 6.09 Å². The van der Waals surface area contributed by atoms with E-state index in [1.807, 2.05) is 25.7 Å². The molecule has 2 aliphatic rings. The van der Waals surface area contributed by atoms with Crippen molar-refractivity contribution in [3.05, 3.63) is 0 Å². The van der Waals surface area contributed by atoms with Crippen molar-refractivity contribution < 1.29 is 9.53 Å². The number of likely N-dealkylation sites (tertiary alicyclic amines) is 1. The molecule has 0 N–H and O–H groups in total. The predicted molar refractivity (Wildman–Crippen MR) is 84.5 cm³/mol. The SMILES string of the molecule is CCN1CCC(N2CCN(C(=O)OC(C)(C)C)CC2)CC1. The minimum absolute atomic E-state index is 0.164. The van der Waals surface area contributed by atoms with Gasteiger partial charge in [0, 0.05) is 32.2 Å². The van der Waals surface area contributed by atoms with Crippen molar-refractivity contribution in [1.82, 2.24) is 14.7 Å². The zero-order valence-corrected chi connectivity index (χ0v) is 14.1. The van der Waals surface area contributed by atoms with Gasteiger partial charge in [-0.3, -0.25) is 4.90 Å². The van der Waals surface area contributed by atoms with Gasteiger partial charge in [-0.25, -0.2) is 4.79 Å². The van der Waals surface area contributed by atoms with Crippen LogP contribution in [0.1, 0.15) is 40.5 Å². The molecule has 2 fully saturated rings. The molecule has 0 atom stereocenters. The van der Waals surface area contributed by atoms with Crippen molar-refractivity contribution in [3.63, 3.8) is 0 Å². The van der Waals surface area contributed by atoms with Crippen LogP contribution in [-0.4, -0.2) is 78.2 Å². The zero-order valence-electron chi connectivity index (χ0n) is 14.1. The summed E-state index contributed by atoms with van der Waals surface area (Å²) < 4.78 is 5.45. The second kappa shape index (κ2) is 6.97. The first-order valence-corrected chi connectivity index (χ1v) is 8.33. The lowest BCUT2D eigenvalue weighted by molar-refractivity contribution is 0.00596. The molecule has 2 heterocycles. The third-order valence-electron chi connectivity index (χ3n) is 4.49. The number of hydrogen-bond acceptors (Lipinski definition) is 4. The fourth-order valence-corrected chi connectivity index (χ4v) is 3.20. The van der Waals surface area contributed by atoms with Gasteiger partial charge in [0.25, 0.3) is 0 Å². The molecule has 1 amide bonds. The van der Waals surface area contributed by atoms with Gasteiger partial charge in [-0.05, 0) is 53.2 Å². The predicted octanol–water partition coefficient (Wildman–Crippen LogP) is 2.02. The van der Waals surface area contributed by atoms with Gasteiger partial charge in [-0.1, -0.05) is 6.92 Å². The third kappa shape index (κ3) is 4.85. The highest BCUT2D eigenvalue weighted by atomic mass is 16.6. The Morgan fingerprint density at radius 2 is 1.62 bits per heavy atom. The molecule has 0 bridgehead atoms. The summed E-state index contributed by atoms with van der Waals surface area (Å²) in [5, 5.41) is 0.